The van der Waals surface area contributed by atoms with Crippen molar-refractivity contribution in [1.82, 2.24) is 10.2 Å². The molecule has 1 aromatic rings. The zero-order valence-electron chi connectivity index (χ0n) is 16.9. The molecule has 0 spiro atoms. The molecule has 0 aromatic heterocycles. The van der Waals surface area contributed by atoms with E-state index in [2.05, 4.69) is 24.1 Å². The van der Waals surface area contributed by atoms with Gasteiger partial charge in [0.15, 0.2) is 5.96 Å². The molecule has 1 unspecified atom stereocenters. The van der Waals surface area contributed by atoms with Gasteiger partial charge in [0.25, 0.3) is 0 Å². The first kappa shape index (κ1) is 22.1. The van der Waals surface area contributed by atoms with Gasteiger partial charge in [0, 0.05) is 44.9 Å². The van der Waals surface area contributed by atoms with E-state index in [0.717, 1.165) is 55.4 Å². The van der Waals surface area contributed by atoms with Crippen molar-refractivity contribution in [2.75, 3.05) is 41.0 Å². The number of aliphatic hydroxyl groups is 1. The van der Waals surface area contributed by atoms with E-state index in [0.29, 0.717) is 12.5 Å². The molecule has 1 aromatic carbocycles. The molecule has 0 aliphatic heterocycles. The van der Waals surface area contributed by atoms with Gasteiger partial charge in [0.1, 0.15) is 11.5 Å². The van der Waals surface area contributed by atoms with Crippen LogP contribution in [0.5, 0.6) is 11.5 Å². The van der Waals surface area contributed by atoms with Crippen LogP contribution in [0.3, 0.4) is 0 Å². The zero-order chi connectivity index (χ0) is 19.4. The molecule has 0 radical (unpaired) electrons. The maximum atomic E-state index is 9.24. The Morgan fingerprint density at radius 2 is 2.00 bits per heavy atom. The maximum absolute atomic E-state index is 9.24. The van der Waals surface area contributed by atoms with Gasteiger partial charge in [0.2, 0.25) is 0 Å². The van der Waals surface area contributed by atoms with E-state index < -0.39 is 0 Å². The standard InChI is InChI=1S/C20H35N3O3/c1-6-8-16(11-12-24)14-22-20(21-7-2)23(3)15-17-9-10-18(25-4)13-19(17)26-5/h9-10,13,16,24H,6-8,11-12,14-15H2,1-5H3,(H,21,22). The van der Waals surface area contributed by atoms with Gasteiger partial charge in [-0.15, -0.1) is 0 Å². The third kappa shape index (κ3) is 7.12. The molecule has 2 N–H and O–H groups in total. The lowest BCUT2D eigenvalue weighted by atomic mass is 10.0. The number of methoxy groups -OCH3 is 2. The van der Waals surface area contributed by atoms with Gasteiger partial charge in [-0.05, 0) is 37.8 Å². The summed E-state index contributed by atoms with van der Waals surface area (Å²) >= 11 is 0. The Morgan fingerprint density at radius 3 is 2.58 bits per heavy atom. The van der Waals surface area contributed by atoms with Crippen molar-refractivity contribution in [3.63, 3.8) is 0 Å². The second-order valence-electron chi connectivity index (χ2n) is 6.40. The van der Waals surface area contributed by atoms with Crippen LogP contribution in [0.1, 0.15) is 38.7 Å². The molecule has 0 heterocycles. The summed E-state index contributed by atoms with van der Waals surface area (Å²) in [5.74, 6) is 2.86. The van der Waals surface area contributed by atoms with E-state index in [1.807, 2.05) is 25.2 Å². The summed E-state index contributed by atoms with van der Waals surface area (Å²) in [7, 11) is 5.34. The smallest absolute Gasteiger partial charge is 0.193 e. The van der Waals surface area contributed by atoms with Crippen molar-refractivity contribution in [2.45, 2.75) is 39.7 Å². The SMILES string of the molecule is CCCC(CCO)CN=C(NCC)N(C)Cc1ccc(OC)cc1OC. The number of nitrogens with one attached hydrogen (secondary N) is 1. The molecule has 6 heteroatoms. The Bertz CT molecular complexity index is 543. The van der Waals surface area contributed by atoms with Crippen LogP contribution in [0.4, 0.5) is 0 Å². The van der Waals surface area contributed by atoms with Gasteiger partial charge in [-0.1, -0.05) is 13.3 Å². The van der Waals surface area contributed by atoms with Crippen molar-refractivity contribution in [3.05, 3.63) is 23.8 Å². The highest BCUT2D eigenvalue weighted by atomic mass is 16.5. The summed E-state index contributed by atoms with van der Waals surface area (Å²) < 4.78 is 10.8. The summed E-state index contributed by atoms with van der Waals surface area (Å²) in [6, 6.07) is 5.85. The quantitative estimate of drug-likeness (QED) is 0.466. The van der Waals surface area contributed by atoms with Crippen LogP contribution in [0.15, 0.2) is 23.2 Å². The molecule has 0 amide bonds. The van der Waals surface area contributed by atoms with Crippen molar-refractivity contribution in [2.24, 2.45) is 10.9 Å². The van der Waals surface area contributed by atoms with E-state index >= 15 is 0 Å². The number of nitrogens with zero attached hydrogens (tertiary/aromatic N) is 2. The lowest BCUT2D eigenvalue weighted by molar-refractivity contribution is 0.253. The van der Waals surface area contributed by atoms with Crippen molar-refractivity contribution in [3.8, 4) is 11.5 Å². The maximum Gasteiger partial charge on any atom is 0.193 e. The van der Waals surface area contributed by atoms with E-state index in [9.17, 15) is 5.11 Å². The highest BCUT2D eigenvalue weighted by Crippen LogP contribution is 2.25. The first-order valence-corrected chi connectivity index (χ1v) is 9.40. The summed E-state index contributed by atoms with van der Waals surface area (Å²) in [6.45, 7) is 6.66. The van der Waals surface area contributed by atoms with Gasteiger partial charge in [0.05, 0.1) is 14.2 Å². The second-order valence-corrected chi connectivity index (χ2v) is 6.40. The first-order valence-electron chi connectivity index (χ1n) is 9.40. The topological polar surface area (TPSA) is 66.3 Å². The molecule has 148 valence electrons. The monoisotopic (exact) mass is 365 g/mol. The fraction of sp³-hybridized carbons (Fsp3) is 0.650. The number of benzene rings is 1. The average molecular weight is 366 g/mol. The molecule has 0 fully saturated rings. The van der Waals surface area contributed by atoms with E-state index in [1.54, 1.807) is 14.2 Å². The number of aliphatic imine (C=N–C) groups is 1. The van der Waals surface area contributed by atoms with Crippen molar-refractivity contribution < 1.29 is 14.6 Å². The number of aliphatic hydroxyl groups excluding tert-OH is 1. The number of ether oxygens (including phenoxy) is 2. The van der Waals surface area contributed by atoms with Crippen molar-refractivity contribution >= 4 is 5.96 Å². The summed E-state index contributed by atoms with van der Waals surface area (Å²) in [5.41, 5.74) is 1.07. The molecule has 0 aliphatic carbocycles. The lowest BCUT2D eigenvalue weighted by Crippen LogP contribution is -2.39. The minimum Gasteiger partial charge on any atom is -0.497 e. The molecule has 26 heavy (non-hydrogen) atoms. The van der Waals surface area contributed by atoms with Gasteiger partial charge >= 0.3 is 0 Å². The third-order valence-corrected chi connectivity index (χ3v) is 4.33. The van der Waals surface area contributed by atoms with E-state index in [1.165, 1.54) is 0 Å². The van der Waals surface area contributed by atoms with Crippen molar-refractivity contribution in [1.29, 1.82) is 0 Å². The minimum absolute atomic E-state index is 0.218. The molecular weight excluding hydrogens is 330 g/mol. The number of rotatable bonds is 11. The van der Waals surface area contributed by atoms with Crippen LogP contribution >= 0.6 is 0 Å². The van der Waals surface area contributed by atoms with Crippen LogP contribution in [0.2, 0.25) is 0 Å². The summed E-state index contributed by atoms with van der Waals surface area (Å²) in [5, 5.41) is 12.6. The number of hydrogen-bond donors (Lipinski definition) is 2. The number of hydrogen-bond acceptors (Lipinski definition) is 4. The predicted octanol–water partition coefficient (Wildman–Crippen LogP) is 2.90. The Morgan fingerprint density at radius 1 is 1.23 bits per heavy atom. The van der Waals surface area contributed by atoms with Crippen LogP contribution in [-0.4, -0.2) is 56.9 Å². The van der Waals surface area contributed by atoms with Crippen LogP contribution in [0.25, 0.3) is 0 Å². The molecule has 0 saturated heterocycles. The van der Waals surface area contributed by atoms with Gasteiger partial charge < -0.3 is 24.8 Å². The summed E-state index contributed by atoms with van der Waals surface area (Å²) in [4.78, 5) is 6.88. The fourth-order valence-corrected chi connectivity index (χ4v) is 2.92. The number of guanidine groups is 1. The average Bonchev–Trinajstić information content (AvgIpc) is 2.65. The molecule has 6 nitrogen and oxygen atoms in total. The molecule has 1 atom stereocenters. The van der Waals surface area contributed by atoms with Crippen LogP contribution in [0, 0.1) is 5.92 Å². The fourth-order valence-electron chi connectivity index (χ4n) is 2.92. The second kappa shape index (κ2) is 12.4. The molecule has 0 saturated carbocycles. The van der Waals surface area contributed by atoms with E-state index in [4.69, 9.17) is 14.5 Å². The predicted molar refractivity (Wildman–Crippen MR) is 107 cm³/mol. The lowest BCUT2D eigenvalue weighted by Gasteiger charge is -2.24. The van der Waals surface area contributed by atoms with Crippen LogP contribution < -0.4 is 14.8 Å². The normalized spacial score (nSPS) is 12.6. The van der Waals surface area contributed by atoms with Gasteiger partial charge in [-0.2, -0.15) is 0 Å². The highest BCUT2D eigenvalue weighted by molar-refractivity contribution is 5.79. The molecule has 0 bridgehead atoms. The molecule has 0 aliphatic rings. The van der Waals surface area contributed by atoms with E-state index in [-0.39, 0.29) is 6.61 Å². The molecular formula is C20H35N3O3. The summed E-state index contributed by atoms with van der Waals surface area (Å²) in [6.07, 6.45) is 2.99. The largest absolute Gasteiger partial charge is 0.497 e. The third-order valence-electron chi connectivity index (χ3n) is 4.33. The highest BCUT2D eigenvalue weighted by Gasteiger charge is 2.13. The van der Waals surface area contributed by atoms with Gasteiger partial charge in [-0.25, -0.2) is 0 Å². The minimum atomic E-state index is 0.218. The van der Waals surface area contributed by atoms with Crippen LogP contribution in [-0.2, 0) is 6.54 Å². The van der Waals surface area contributed by atoms with Gasteiger partial charge in [-0.3, -0.25) is 4.99 Å². The Balaban J connectivity index is 2.87. The first-order chi connectivity index (χ1) is 12.6. The Hall–Kier alpha value is -1.95. The zero-order valence-corrected chi connectivity index (χ0v) is 16.9. The Kier molecular flexibility index (Phi) is 10.5. The molecule has 1 rings (SSSR count). The Labute approximate surface area is 158 Å².